The number of hydrogen-bond donors (Lipinski definition) is 1. The summed E-state index contributed by atoms with van der Waals surface area (Å²) in [6.07, 6.45) is 5.14. The third-order valence-electron chi connectivity index (χ3n) is 5.94. The van der Waals surface area contributed by atoms with E-state index in [0.29, 0.717) is 12.5 Å². The zero-order valence-electron chi connectivity index (χ0n) is 16.7. The molecule has 1 saturated carbocycles. The lowest BCUT2D eigenvalue weighted by Crippen LogP contribution is -2.40. The van der Waals surface area contributed by atoms with Gasteiger partial charge in [0.2, 0.25) is 0 Å². The number of hydrogen-bond acceptors (Lipinski definition) is 5. The van der Waals surface area contributed by atoms with E-state index in [1.54, 1.807) is 22.4 Å². The molecule has 0 atom stereocenters. The molecular formula is C21H25N5O2S. The van der Waals surface area contributed by atoms with Crippen molar-refractivity contribution >= 4 is 38.7 Å². The van der Waals surface area contributed by atoms with Crippen LogP contribution >= 0.6 is 11.3 Å². The number of thiophene rings is 1. The molecule has 4 rings (SSSR count). The fraction of sp³-hybridized carbons (Fsp3) is 0.524. The van der Waals surface area contributed by atoms with Crippen LogP contribution in [0.15, 0.2) is 17.6 Å². The number of fused-ring (bicyclic) bond motifs is 3. The average Bonchev–Trinajstić information content (AvgIpc) is 3.30. The number of rotatable bonds is 5. The second kappa shape index (κ2) is 7.99. The minimum Gasteiger partial charge on any atom is -0.465 e. The van der Waals surface area contributed by atoms with Gasteiger partial charge in [-0.1, -0.05) is 0 Å². The SMILES string of the molecule is CC(C)N(CC1CCC(n2c(CC#N)nc3cnc4ccsc4c32)CC1)C(=O)O. The van der Waals surface area contributed by atoms with Crippen molar-refractivity contribution in [3.05, 3.63) is 23.5 Å². The van der Waals surface area contributed by atoms with Crippen molar-refractivity contribution in [1.29, 1.82) is 5.26 Å². The summed E-state index contributed by atoms with van der Waals surface area (Å²) in [5, 5.41) is 20.8. The molecule has 1 fully saturated rings. The monoisotopic (exact) mass is 411 g/mol. The normalized spacial score (nSPS) is 19.7. The molecule has 1 aliphatic carbocycles. The first-order chi connectivity index (χ1) is 14.0. The summed E-state index contributed by atoms with van der Waals surface area (Å²) in [5.41, 5.74) is 2.91. The van der Waals surface area contributed by atoms with Crippen molar-refractivity contribution in [2.45, 2.75) is 58.0 Å². The molecule has 8 heteroatoms. The summed E-state index contributed by atoms with van der Waals surface area (Å²) in [6.45, 7) is 4.44. The van der Waals surface area contributed by atoms with Crippen molar-refractivity contribution in [2.24, 2.45) is 5.92 Å². The molecule has 1 aliphatic rings. The molecule has 1 N–H and O–H groups in total. The Labute approximate surface area is 173 Å². The Hall–Kier alpha value is -2.66. The van der Waals surface area contributed by atoms with Crippen LogP contribution in [0, 0.1) is 17.2 Å². The molecule has 0 spiro atoms. The zero-order chi connectivity index (χ0) is 20.5. The smallest absolute Gasteiger partial charge is 0.407 e. The number of amides is 1. The molecule has 0 saturated heterocycles. The first-order valence-electron chi connectivity index (χ1n) is 10.1. The van der Waals surface area contributed by atoms with E-state index in [9.17, 15) is 15.2 Å². The van der Waals surface area contributed by atoms with Crippen molar-refractivity contribution in [3.8, 4) is 6.07 Å². The van der Waals surface area contributed by atoms with E-state index in [1.807, 2.05) is 25.3 Å². The number of pyridine rings is 1. The third kappa shape index (κ3) is 3.67. The summed E-state index contributed by atoms with van der Waals surface area (Å²) < 4.78 is 3.39. The second-order valence-corrected chi connectivity index (χ2v) is 8.98. The Morgan fingerprint density at radius 2 is 2.14 bits per heavy atom. The molecule has 7 nitrogen and oxygen atoms in total. The minimum atomic E-state index is -0.841. The van der Waals surface area contributed by atoms with Crippen LogP contribution < -0.4 is 0 Å². The van der Waals surface area contributed by atoms with E-state index >= 15 is 0 Å². The van der Waals surface area contributed by atoms with Crippen LogP contribution in [-0.2, 0) is 6.42 Å². The van der Waals surface area contributed by atoms with Crippen molar-refractivity contribution < 1.29 is 9.90 Å². The van der Waals surface area contributed by atoms with Gasteiger partial charge in [-0.15, -0.1) is 11.3 Å². The zero-order valence-corrected chi connectivity index (χ0v) is 17.5. The summed E-state index contributed by atoms with van der Waals surface area (Å²) >= 11 is 1.66. The summed E-state index contributed by atoms with van der Waals surface area (Å²) in [6, 6.07) is 4.54. The molecular weight excluding hydrogens is 386 g/mol. The quantitative estimate of drug-likeness (QED) is 0.649. The molecule has 0 aliphatic heterocycles. The number of imidazole rings is 1. The van der Waals surface area contributed by atoms with Gasteiger partial charge in [0.25, 0.3) is 0 Å². The van der Waals surface area contributed by atoms with Gasteiger partial charge in [-0.2, -0.15) is 5.26 Å². The summed E-state index contributed by atoms with van der Waals surface area (Å²) in [4.78, 5) is 22.3. The summed E-state index contributed by atoms with van der Waals surface area (Å²) in [7, 11) is 0. The van der Waals surface area contributed by atoms with Crippen LogP contribution in [-0.4, -0.2) is 43.2 Å². The minimum absolute atomic E-state index is 0.00957. The van der Waals surface area contributed by atoms with Crippen LogP contribution in [0.4, 0.5) is 4.79 Å². The molecule has 1 amide bonds. The largest absolute Gasteiger partial charge is 0.465 e. The Morgan fingerprint density at radius 3 is 2.79 bits per heavy atom. The highest BCUT2D eigenvalue weighted by molar-refractivity contribution is 7.18. The van der Waals surface area contributed by atoms with Gasteiger partial charge in [0.1, 0.15) is 11.3 Å². The first kappa shape index (κ1) is 19.6. The Kier molecular flexibility index (Phi) is 5.41. The van der Waals surface area contributed by atoms with E-state index in [1.165, 1.54) is 0 Å². The molecule has 0 radical (unpaired) electrons. The van der Waals surface area contributed by atoms with E-state index in [0.717, 1.165) is 52.8 Å². The van der Waals surface area contributed by atoms with Gasteiger partial charge in [-0.25, -0.2) is 9.78 Å². The number of carboxylic acid groups (broad SMARTS) is 1. The standard InChI is InChI=1S/C21H25N5O2S/c1-13(2)25(21(27)28)12-14-3-5-15(6-4-14)26-18(7-9-22)24-17-11-23-16-8-10-29-20(16)19(17)26/h8,10-11,13-15H,3-7,12H2,1-2H3,(H,27,28). The second-order valence-electron chi connectivity index (χ2n) is 8.06. The molecule has 3 aromatic heterocycles. The van der Waals surface area contributed by atoms with E-state index < -0.39 is 6.09 Å². The molecule has 3 aromatic rings. The molecule has 0 unspecified atom stereocenters. The number of nitrogens with zero attached hydrogens (tertiary/aromatic N) is 5. The van der Waals surface area contributed by atoms with Crippen LogP contribution in [0.2, 0.25) is 0 Å². The lowest BCUT2D eigenvalue weighted by Gasteiger charge is -2.34. The lowest BCUT2D eigenvalue weighted by atomic mass is 9.85. The molecule has 152 valence electrons. The van der Waals surface area contributed by atoms with Gasteiger partial charge in [0, 0.05) is 18.6 Å². The van der Waals surface area contributed by atoms with Gasteiger partial charge in [-0.05, 0) is 56.9 Å². The van der Waals surface area contributed by atoms with Gasteiger partial charge < -0.3 is 14.6 Å². The molecule has 29 heavy (non-hydrogen) atoms. The van der Waals surface area contributed by atoms with E-state index in [4.69, 9.17) is 4.98 Å². The maximum atomic E-state index is 11.5. The van der Waals surface area contributed by atoms with Gasteiger partial charge in [0.15, 0.2) is 0 Å². The van der Waals surface area contributed by atoms with E-state index in [2.05, 4.69) is 15.6 Å². The van der Waals surface area contributed by atoms with Crippen LogP contribution in [0.25, 0.3) is 21.3 Å². The van der Waals surface area contributed by atoms with Crippen LogP contribution in [0.5, 0.6) is 0 Å². The average molecular weight is 412 g/mol. The van der Waals surface area contributed by atoms with Gasteiger partial charge in [-0.3, -0.25) is 4.98 Å². The topological polar surface area (TPSA) is 95.0 Å². The predicted octanol–water partition coefficient (Wildman–Crippen LogP) is 4.83. The van der Waals surface area contributed by atoms with E-state index in [-0.39, 0.29) is 18.5 Å². The third-order valence-corrected chi connectivity index (χ3v) is 6.85. The fourth-order valence-corrected chi connectivity index (χ4v) is 5.38. The first-order valence-corrected chi connectivity index (χ1v) is 11.0. The van der Waals surface area contributed by atoms with Crippen molar-refractivity contribution in [1.82, 2.24) is 19.4 Å². The maximum Gasteiger partial charge on any atom is 0.407 e. The number of carbonyl (C=O) groups is 1. The Balaban J connectivity index is 1.61. The molecule has 0 bridgehead atoms. The van der Waals surface area contributed by atoms with Gasteiger partial charge in [0.05, 0.1) is 34.4 Å². The van der Waals surface area contributed by atoms with Gasteiger partial charge >= 0.3 is 6.09 Å². The van der Waals surface area contributed by atoms with Crippen LogP contribution in [0.3, 0.4) is 0 Å². The molecule has 3 heterocycles. The Morgan fingerprint density at radius 1 is 1.38 bits per heavy atom. The highest BCUT2D eigenvalue weighted by Gasteiger charge is 2.29. The maximum absolute atomic E-state index is 11.5. The summed E-state index contributed by atoms with van der Waals surface area (Å²) in [5.74, 6) is 1.19. The lowest BCUT2D eigenvalue weighted by molar-refractivity contribution is 0.112. The van der Waals surface area contributed by atoms with Crippen LogP contribution in [0.1, 0.15) is 51.4 Å². The number of nitriles is 1. The highest BCUT2D eigenvalue weighted by Crippen LogP contribution is 2.38. The van der Waals surface area contributed by atoms with Crippen molar-refractivity contribution in [2.75, 3.05) is 6.54 Å². The number of aromatic nitrogens is 3. The predicted molar refractivity (Wildman–Crippen MR) is 113 cm³/mol. The molecule has 0 aromatic carbocycles. The highest BCUT2D eigenvalue weighted by atomic mass is 32.1. The van der Waals surface area contributed by atoms with Crippen molar-refractivity contribution in [3.63, 3.8) is 0 Å². The Bertz CT molecular complexity index is 1070. The fourth-order valence-electron chi connectivity index (χ4n) is 4.49.